The van der Waals surface area contributed by atoms with Crippen LogP contribution in [0.2, 0.25) is 0 Å². The third-order valence-corrected chi connectivity index (χ3v) is 3.43. The van der Waals surface area contributed by atoms with E-state index in [4.69, 9.17) is 11.7 Å². The summed E-state index contributed by atoms with van der Waals surface area (Å²) >= 11 is 0. The number of amides is 2. The predicted molar refractivity (Wildman–Crippen MR) is 84.9 cm³/mol. The molecule has 6 nitrogen and oxygen atoms in total. The molecule has 25 heavy (non-hydrogen) atoms. The topological polar surface area (TPSA) is 74.0 Å². The average Bonchev–Trinajstić information content (AvgIpc) is 2.86. The molecule has 8 heteroatoms. The van der Waals surface area contributed by atoms with Crippen molar-refractivity contribution in [2.45, 2.75) is 0 Å². The second-order valence-electron chi connectivity index (χ2n) is 5.08. The van der Waals surface area contributed by atoms with E-state index >= 15 is 0 Å². The summed E-state index contributed by atoms with van der Waals surface area (Å²) in [6.45, 7) is 6.98. The summed E-state index contributed by atoms with van der Waals surface area (Å²) in [4.78, 5) is 28.6. The van der Waals surface area contributed by atoms with Gasteiger partial charge in [-0.3, -0.25) is 9.59 Å². The fraction of sp³-hybridized carbons (Fsp3) is 0. The first-order chi connectivity index (χ1) is 11.9. The highest BCUT2D eigenvalue weighted by atomic mass is 19.1. The van der Waals surface area contributed by atoms with Gasteiger partial charge >= 0.3 is 0 Å². The van der Waals surface area contributed by atoms with Crippen molar-refractivity contribution >= 4 is 28.9 Å². The summed E-state index contributed by atoms with van der Waals surface area (Å²) in [5, 5.41) is 11.5. The Morgan fingerprint density at radius 3 is 2.44 bits per heavy atom. The summed E-state index contributed by atoms with van der Waals surface area (Å²) in [6, 6.07) is 7.49. The van der Waals surface area contributed by atoms with Crippen LogP contribution in [0.25, 0.3) is 4.85 Å². The molecule has 2 amide bonds. The van der Waals surface area contributed by atoms with Gasteiger partial charge < -0.3 is 10.4 Å². The normalized spacial score (nSPS) is 13.6. The maximum Gasteiger partial charge on any atom is 0.281 e. The Labute approximate surface area is 140 Å². The maximum absolute atomic E-state index is 13.4. The SMILES string of the molecule is [C-]#[N+]c1cccc(N2C(=O)C=C(Nc3cc(F)c(O)c(F)c3)C2=O)c1. The number of phenols is 1. The van der Waals surface area contributed by atoms with Gasteiger partial charge in [-0.2, -0.15) is 0 Å². The zero-order chi connectivity index (χ0) is 18.1. The highest BCUT2D eigenvalue weighted by Gasteiger charge is 2.32. The third kappa shape index (κ3) is 2.90. The molecule has 124 valence electrons. The van der Waals surface area contributed by atoms with Gasteiger partial charge in [0, 0.05) is 29.6 Å². The van der Waals surface area contributed by atoms with Gasteiger partial charge in [-0.15, -0.1) is 0 Å². The van der Waals surface area contributed by atoms with Gasteiger partial charge in [0.05, 0.1) is 6.57 Å². The van der Waals surface area contributed by atoms with Gasteiger partial charge in [0.25, 0.3) is 11.8 Å². The maximum atomic E-state index is 13.4. The fourth-order valence-corrected chi connectivity index (χ4v) is 2.30. The van der Waals surface area contributed by atoms with Crippen LogP contribution in [0.4, 0.5) is 25.8 Å². The molecule has 0 bridgehead atoms. The molecule has 2 aromatic rings. The first-order valence-electron chi connectivity index (χ1n) is 6.93. The number of halogens is 2. The minimum Gasteiger partial charge on any atom is -0.503 e. The monoisotopic (exact) mass is 341 g/mol. The fourth-order valence-electron chi connectivity index (χ4n) is 2.30. The third-order valence-electron chi connectivity index (χ3n) is 3.43. The van der Waals surface area contributed by atoms with Gasteiger partial charge in [0.1, 0.15) is 5.70 Å². The minimum absolute atomic E-state index is 0.142. The second kappa shape index (κ2) is 6.05. The van der Waals surface area contributed by atoms with Crippen LogP contribution >= 0.6 is 0 Å². The van der Waals surface area contributed by atoms with Crippen LogP contribution in [0.3, 0.4) is 0 Å². The van der Waals surface area contributed by atoms with E-state index in [1.165, 1.54) is 24.3 Å². The number of anilines is 2. The number of hydrogen-bond acceptors (Lipinski definition) is 4. The molecule has 0 fully saturated rings. The number of aromatic hydroxyl groups is 1. The van der Waals surface area contributed by atoms with E-state index in [-0.39, 0.29) is 22.8 Å². The molecule has 1 aliphatic heterocycles. The van der Waals surface area contributed by atoms with Crippen LogP contribution in [0.5, 0.6) is 5.75 Å². The molecule has 1 aliphatic rings. The summed E-state index contributed by atoms with van der Waals surface area (Å²) in [7, 11) is 0. The Hall–Kier alpha value is -3.73. The molecular formula is C17H9F2N3O3. The van der Waals surface area contributed by atoms with Crippen molar-refractivity contribution in [3.8, 4) is 5.75 Å². The summed E-state index contributed by atoms with van der Waals surface area (Å²) in [5.74, 6) is -4.94. The smallest absolute Gasteiger partial charge is 0.281 e. The molecular weight excluding hydrogens is 332 g/mol. The Kier molecular flexibility index (Phi) is 3.91. The first-order valence-corrected chi connectivity index (χ1v) is 6.93. The molecule has 0 atom stereocenters. The zero-order valence-electron chi connectivity index (χ0n) is 12.5. The Balaban J connectivity index is 1.88. The Bertz CT molecular complexity index is 956. The van der Waals surface area contributed by atoms with Crippen molar-refractivity contribution in [3.63, 3.8) is 0 Å². The number of hydrogen-bond donors (Lipinski definition) is 2. The number of carbonyl (C=O) groups is 2. The standard InChI is InChI=1S/C17H9F2N3O3/c1-20-9-3-2-4-11(5-9)22-15(23)8-14(17(22)25)21-10-6-12(18)16(24)13(19)7-10/h2-8,21,24H. The zero-order valence-corrected chi connectivity index (χ0v) is 12.5. The molecule has 2 N–H and O–H groups in total. The number of nitrogens with one attached hydrogen (secondary N) is 1. The number of nitrogens with zero attached hydrogens (tertiary/aromatic N) is 2. The summed E-state index contributed by atoms with van der Waals surface area (Å²) in [6.07, 6.45) is 0.982. The van der Waals surface area contributed by atoms with Crippen LogP contribution in [0.1, 0.15) is 0 Å². The summed E-state index contributed by atoms with van der Waals surface area (Å²) < 4.78 is 26.7. The quantitative estimate of drug-likeness (QED) is 0.511. The van der Waals surface area contributed by atoms with E-state index in [9.17, 15) is 18.4 Å². The minimum atomic E-state index is -1.21. The molecule has 0 saturated carbocycles. The van der Waals surface area contributed by atoms with Crippen molar-refractivity contribution in [1.82, 2.24) is 0 Å². The van der Waals surface area contributed by atoms with Gasteiger partial charge in [0.2, 0.25) is 0 Å². The second-order valence-corrected chi connectivity index (χ2v) is 5.08. The molecule has 2 aromatic carbocycles. The molecule has 0 radical (unpaired) electrons. The van der Waals surface area contributed by atoms with E-state index in [2.05, 4.69) is 10.2 Å². The van der Waals surface area contributed by atoms with Crippen molar-refractivity contribution in [2.75, 3.05) is 10.2 Å². The molecule has 0 unspecified atom stereocenters. The van der Waals surface area contributed by atoms with Crippen molar-refractivity contribution < 1.29 is 23.5 Å². The van der Waals surface area contributed by atoms with Crippen LogP contribution in [-0.2, 0) is 9.59 Å². The number of rotatable bonds is 3. The first kappa shape index (κ1) is 16.1. The number of carbonyl (C=O) groups excluding carboxylic acids is 2. The highest BCUT2D eigenvalue weighted by Crippen LogP contribution is 2.29. The molecule has 3 rings (SSSR count). The van der Waals surface area contributed by atoms with Crippen molar-refractivity contribution in [2.24, 2.45) is 0 Å². The van der Waals surface area contributed by atoms with Crippen LogP contribution in [0, 0.1) is 18.2 Å². The molecule has 0 spiro atoms. The molecule has 0 saturated heterocycles. The van der Waals surface area contributed by atoms with Gasteiger partial charge in [-0.1, -0.05) is 12.1 Å². The van der Waals surface area contributed by atoms with Crippen LogP contribution < -0.4 is 10.2 Å². The van der Waals surface area contributed by atoms with Crippen molar-refractivity contribution in [3.05, 3.63) is 71.2 Å². The van der Waals surface area contributed by atoms with E-state index in [0.717, 1.165) is 23.1 Å². The molecule has 0 aromatic heterocycles. The number of phenolic OH excluding ortho intramolecular Hbond substituents is 1. The lowest BCUT2D eigenvalue weighted by Gasteiger charge is -2.15. The summed E-state index contributed by atoms with van der Waals surface area (Å²) in [5.41, 5.74) is 0.126. The van der Waals surface area contributed by atoms with Crippen LogP contribution in [0.15, 0.2) is 48.2 Å². The van der Waals surface area contributed by atoms with E-state index in [0.29, 0.717) is 0 Å². The lowest BCUT2D eigenvalue weighted by atomic mass is 10.2. The van der Waals surface area contributed by atoms with Gasteiger partial charge in [0.15, 0.2) is 23.1 Å². The molecule has 1 heterocycles. The number of benzene rings is 2. The number of imide groups is 1. The van der Waals surface area contributed by atoms with Gasteiger partial charge in [-0.25, -0.2) is 18.5 Å². The average molecular weight is 341 g/mol. The van der Waals surface area contributed by atoms with Crippen molar-refractivity contribution in [1.29, 1.82) is 0 Å². The van der Waals surface area contributed by atoms with E-state index < -0.39 is 29.2 Å². The lowest BCUT2D eigenvalue weighted by molar-refractivity contribution is -0.120. The lowest BCUT2D eigenvalue weighted by Crippen LogP contribution is -2.31. The largest absolute Gasteiger partial charge is 0.503 e. The highest BCUT2D eigenvalue weighted by molar-refractivity contribution is 6.31. The van der Waals surface area contributed by atoms with Crippen LogP contribution in [-0.4, -0.2) is 16.9 Å². The Morgan fingerprint density at radius 1 is 1.12 bits per heavy atom. The Morgan fingerprint density at radius 2 is 1.80 bits per heavy atom. The van der Waals surface area contributed by atoms with Gasteiger partial charge in [-0.05, 0) is 12.1 Å². The van der Waals surface area contributed by atoms with E-state index in [1.54, 1.807) is 0 Å². The predicted octanol–water partition coefficient (Wildman–Crippen LogP) is 3.09. The van der Waals surface area contributed by atoms with E-state index in [1.807, 2.05) is 0 Å². The molecule has 0 aliphatic carbocycles.